The number of pyridine rings is 1. The van der Waals surface area contributed by atoms with Crippen LogP contribution in [0.5, 0.6) is 0 Å². The van der Waals surface area contributed by atoms with E-state index in [1.165, 1.54) is 5.56 Å². The number of anilines is 1. The van der Waals surface area contributed by atoms with Gasteiger partial charge in [-0.2, -0.15) is 0 Å². The molecule has 0 saturated carbocycles. The fourth-order valence-electron chi connectivity index (χ4n) is 4.75. The molecule has 0 amide bonds. The monoisotopic (exact) mass is 435 g/mol. The number of para-hydroxylation sites is 2. The molecule has 4 heteroatoms. The first-order valence-electron chi connectivity index (χ1n) is 11.6. The Kier molecular flexibility index (Phi) is 6.09. The second kappa shape index (κ2) is 9.47. The van der Waals surface area contributed by atoms with Crippen LogP contribution in [0.1, 0.15) is 11.1 Å². The van der Waals surface area contributed by atoms with E-state index in [9.17, 15) is 4.79 Å². The van der Waals surface area contributed by atoms with Crippen LogP contribution in [0.25, 0.3) is 22.7 Å². The Bertz CT molecular complexity index is 1320. The number of rotatable bonds is 5. The lowest BCUT2D eigenvalue weighted by Crippen LogP contribution is -2.47. The predicted molar refractivity (Wildman–Crippen MR) is 138 cm³/mol. The van der Waals surface area contributed by atoms with Crippen LogP contribution in [0.3, 0.4) is 0 Å². The van der Waals surface area contributed by atoms with Crippen LogP contribution in [0.4, 0.5) is 5.69 Å². The van der Waals surface area contributed by atoms with Gasteiger partial charge in [0.1, 0.15) is 0 Å². The molecule has 4 aromatic rings. The molecular formula is C29H29N3O. The average Bonchev–Trinajstić information content (AvgIpc) is 2.87. The summed E-state index contributed by atoms with van der Waals surface area (Å²) in [6.45, 7) is 6.71. The van der Waals surface area contributed by atoms with Gasteiger partial charge in [0, 0.05) is 49.4 Å². The van der Waals surface area contributed by atoms with Crippen molar-refractivity contribution in [2.45, 2.75) is 6.92 Å². The quantitative estimate of drug-likeness (QED) is 0.435. The predicted octanol–water partition coefficient (Wildman–Crippen LogP) is 5.13. The van der Waals surface area contributed by atoms with Crippen LogP contribution in [-0.4, -0.2) is 42.2 Å². The minimum absolute atomic E-state index is 0.0584. The summed E-state index contributed by atoms with van der Waals surface area (Å²) in [4.78, 5) is 18.4. The molecule has 1 aliphatic heterocycles. The Morgan fingerprint density at radius 1 is 0.788 bits per heavy atom. The van der Waals surface area contributed by atoms with Gasteiger partial charge in [0.2, 0.25) is 0 Å². The van der Waals surface area contributed by atoms with Crippen molar-refractivity contribution in [1.29, 1.82) is 0 Å². The van der Waals surface area contributed by atoms with Crippen LogP contribution >= 0.6 is 0 Å². The Labute approximate surface area is 195 Å². The van der Waals surface area contributed by atoms with Gasteiger partial charge < -0.3 is 4.90 Å². The molecule has 0 bridgehead atoms. The maximum absolute atomic E-state index is 13.5. The summed E-state index contributed by atoms with van der Waals surface area (Å²) in [7, 11) is 0. The zero-order valence-corrected chi connectivity index (χ0v) is 19.0. The minimum Gasteiger partial charge on any atom is -0.368 e. The van der Waals surface area contributed by atoms with Crippen molar-refractivity contribution in [3.05, 3.63) is 112 Å². The van der Waals surface area contributed by atoms with E-state index in [1.807, 2.05) is 54.0 Å². The summed E-state index contributed by atoms with van der Waals surface area (Å²) in [6, 6.07) is 28.6. The molecule has 0 radical (unpaired) electrons. The third-order valence-corrected chi connectivity index (χ3v) is 6.46. The van der Waals surface area contributed by atoms with Crippen LogP contribution in [0.15, 0.2) is 95.8 Å². The van der Waals surface area contributed by atoms with Crippen molar-refractivity contribution in [3.8, 4) is 5.69 Å². The van der Waals surface area contributed by atoms with Gasteiger partial charge in [-0.25, -0.2) is 0 Å². The highest BCUT2D eigenvalue weighted by molar-refractivity contribution is 5.94. The summed E-state index contributed by atoms with van der Waals surface area (Å²) in [5, 5.41) is 1.14. The first-order chi connectivity index (χ1) is 16.2. The molecule has 1 saturated heterocycles. The summed E-state index contributed by atoms with van der Waals surface area (Å²) in [5.41, 5.74) is 5.06. The molecule has 166 valence electrons. The number of nitrogens with zero attached hydrogens (tertiary/aromatic N) is 3. The first-order valence-corrected chi connectivity index (χ1v) is 11.6. The number of benzene rings is 3. The van der Waals surface area contributed by atoms with Crippen molar-refractivity contribution in [1.82, 2.24) is 9.47 Å². The topological polar surface area (TPSA) is 28.5 Å². The second-order valence-corrected chi connectivity index (χ2v) is 8.57. The van der Waals surface area contributed by atoms with E-state index in [1.54, 1.807) is 0 Å². The molecule has 3 aromatic carbocycles. The summed E-state index contributed by atoms with van der Waals surface area (Å²) >= 11 is 0. The molecule has 1 fully saturated rings. The smallest absolute Gasteiger partial charge is 0.260 e. The highest BCUT2D eigenvalue weighted by Gasteiger charge is 2.23. The lowest BCUT2D eigenvalue weighted by atomic mass is 10.1. The molecule has 5 rings (SSSR count). The fourth-order valence-corrected chi connectivity index (χ4v) is 4.75. The van der Waals surface area contributed by atoms with Gasteiger partial charge >= 0.3 is 0 Å². The number of fused-ring (bicyclic) bond motifs is 1. The molecule has 0 atom stereocenters. The maximum atomic E-state index is 13.5. The van der Waals surface area contributed by atoms with Crippen LogP contribution in [0, 0.1) is 6.92 Å². The molecule has 0 aliphatic carbocycles. The molecule has 33 heavy (non-hydrogen) atoms. The molecule has 1 aromatic heterocycles. The zero-order valence-electron chi connectivity index (χ0n) is 19.0. The number of hydrogen-bond donors (Lipinski definition) is 0. The second-order valence-electron chi connectivity index (χ2n) is 8.57. The van der Waals surface area contributed by atoms with Crippen LogP contribution in [-0.2, 0) is 0 Å². The third-order valence-electron chi connectivity index (χ3n) is 6.46. The lowest BCUT2D eigenvalue weighted by Gasteiger charge is -2.37. The van der Waals surface area contributed by atoms with E-state index >= 15 is 0 Å². The van der Waals surface area contributed by atoms with E-state index in [-0.39, 0.29) is 5.56 Å². The number of piperazine rings is 1. The first kappa shape index (κ1) is 21.2. The van der Waals surface area contributed by atoms with Gasteiger partial charge in [0.15, 0.2) is 0 Å². The molecule has 1 aliphatic rings. The van der Waals surface area contributed by atoms with Crippen molar-refractivity contribution in [2.24, 2.45) is 0 Å². The molecule has 4 nitrogen and oxygen atoms in total. The molecular weight excluding hydrogens is 406 g/mol. The highest BCUT2D eigenvalue weighted by Crippen LogP contribution is 2.30. The Balaban J connectivity index is 1.40. The standard InChI is InChI=1S/C29H29N3O/c1-23-28(31-21-19-30(20-22-31)18-10-13-24-11-4-2-5-12-24)26-16-8-9-17-27(26)32(29(23)33)25-14-6-3-7-15-25/h2-17H,18-22H2,1H3. The van der Waals surface area contributed by atoms with Gasteiger partial charge in [0.05, 0.1) is 11.2 Å². The minimum atomic E-state index is 0.0584. The van der Waals surface area contributed by atoms with Crippen molar-refractivity contribution in [2.75, 3.05) is 37.6 Å². The van der Waals surface area contributed by atoms with E-state index in [0.717, 1.165) is 60.6 Å². The fraction of sp³-hybridized carbons (Fsp3) is 0.207. The van der Waals surface area contributed by atoms with Crippen molar-refractivity contribution >= 4 is 22.7 Å². The maximum Gasteiger partial charge on any atom is 0.260 e. The molecule has 2 heterocycles. The normalized spacial score (nSPS) is 14.9. The molecule has 0 spiro atoms. The van der Waals surface area contributed by atoms with Gasteiger partial charge in [0.25, 0.3) is 5.56 Å². The van der Waals surface area contributed by atoms with E-state index < -0.39 is 0 Å². The lowest BCUT2D eigenvalue weighted by molar-refractivity contribution is 0.284. The average molecular weight is 436 g/mol. The summed E-state index contributed by atoms with van der Waals surface area (Å²) in [6.07, 6.45) is 4.43. The Hall–Kier alpha value is -3.63. The van der Waals surface area contributed by atoms with E-state index in [0.29, 0.717) is 0 Å². The zero-order chi connectivity index (χ0) is 22.6. The number of hydrogen-bond acceptors (Lipinski definition) is 3. The van der Waals surface area contributed by atoms with E-state index in [2.05, 4.69) is 64.4 Å². The summed E-state index contributed by atoms with van der Waals surface area (Å²) in [5.74, 6) is 0. The molecule has 0 unspecified atom stereocenters. The largest absolute Gasteiger partial charge is 0.368 e. The number of aromatic nitrogens is 1. The summed E-state index contributed by atoms with van der Waals surface area (Å²) < 4.78 is 1.85. The third kappa shape index (κ3) is 4.35. The van der Waals surface area contributed by atoms with Gasteiger partial charge in [-0.15, -0.1) is 0 Å². The van der Waals surface area contributed by atoms with E-state index in [4.69, 9.17) is 0 Å². The van der Waals surface area contributed by atoms with Crippen LogP contribution in [0.2, 0.25) is 0 Å². The Morgan fingerprint density at radius 3 is 2.15 bits per heavy atom. The molecule has 0 N–H and O–H groups in total. The SMILES string of the molecule is Cc1c(N2CCN(CC=Cc3ccccc3)CC2)c2ccccc2n(-c2ccccc2)c1=O. The van der Waals surface area contributed by atoms with Gasteiger partial charge in [-0.05, 0) is 30.7 Å². The van der Waals surface area contributed by atoms with Crippen molar-refractivity contribution < 1.29 is 0 Å². The van der Waals surface area contributed by atoms with Crippen LogP contribution < -0.4 is 10.5 Å². The Morgan fingerprint density at radius 2 is 1.42 bits per heavy atom. The highest BCUT2D eigenvalue weighted by atomic mass is 16.1. The van der Waals surface area contributed by atoms with Crippen molar-refractivity contribution in [3.63, 3.8) is 0 Å². The van der Waals surface area contributed by atoms with Gasteiger partial charge in [-0.1, -0.05) is 78.9 Å². The van der Waals surface area contributed by atoms with Gasteiger partial charge in [-0.3, -0.25) is 14.3 Å².